The molecule has 2 heterocycles. The van der Waals surface area contributed by atoms with E-state index in [-0.39, 0.29) is 5.97 Å². The minimum Gasteiger partial charge on any atom is -0.462 e. The van der Waals surface area contributed by atoms with Crippen LogP contribution in [-0.4, -0.2) is 12.6 Å². The van der Waals surface area contributed by atoms with E-state index in [0.29, 0.717) is 16.4 Å². The summed E-state index contributed by atoms with van der Waals surface area (Å²) in [7, 11) is 0. The number of nitrogens with zero attached hydrogens (tertiary/aromatic N) is 1. The van der Waals surface area contributed by atoms with E-state index in [9.17, 15) is 4.79 Å². The van der Waals surface area contributed by atoms with Crippen LogP contribution in [0, 0.1) is 11.3 Å². The zero-order valence-electron chi connectivity index (χ0n) is 9.10. The highest BCUT2D eigenvalue weighted by Crippen LogP contribution is 2.33. The molecule has 2 aromatic heterocycles. The number of rotatable bonds is 3. The van der Waals surface area contributed by atoms with Gasteiger partial charge in [-0.15, -0.1) is 22.7 Å². The fourth-order valence-corrected chi connectivity index (χ4v) is 3.11. The molecule has 86 valence electrons. The predicted molar refractivity (Wildman–Crippen MR) is 68.3 cm³/mol. The standard InChI is InChI=1S/C12H9NO2S2/c1-2-15-12(14)11-6-5-10(17-11)9-4-3-8(7-13)16-9/h3-6H,2H2,1H3. The Labute approximate surface area is 107 Å². The molecule has 0 aliphatic heterocycles. The van der Waals surface area contributed by atoms with Crippen LogP contribution in [0.25, 0.3) is 9.75 Å². The number of ether oxygens (including phenoxy) is 1. The van der Waals surface area contributed by atoms with E-state index in [1.165, 1.54) is 22.7 Å². The number of hydrogen-bond donors (Lipinski definition) is 0. The smallest absolute Gasteiger partial charge is 0.348 e. The fourth-order valence-electron chi connectivity index (χ4n) is 1.31. The van der Waals surface area contributed by atoms with E-state index < -0.39 is 0 Å². The summed E-state index contributed by atoms with van der Waals surface area (Å²) in [5.41, 5.74) is 0. The minimum atomic E-state index is -0.291. The van der Waals surface area contributed by atoms with Gasteiger partial charge >= 0.3 is 5.97 Å². The molecule has 0 unspecified atom stereocenters. The highest BCUT2D eigenvalue weighted by molar-refractivity contribution is 7.23. The quantitative estimate of drug-likeness (QED) is 0.796. The third-order valence-corrected chi connectivity index (χ3v) is 4.29. The van der Waals surface area contributed by atoms with Crippen LogP contribution in [-0.2, 0) is 4.74 Å². The van der Waals surface area contributed by atoms with Crippen LogP contribution in [0.2, 0.25) is 0 Å². The van der Waals surface area contributed by atoms with Gasteiger partial charge < -0.3 is 4.74 Å². The van der Waals surface area contributed by atoms with Gasteiger partial charge in [0.1, 0.15) is 15.8 Å². The van der Waals surface area contributed by atoms with Gasteiger partial charge in [0, 0.05) is 9.75 Å². The molecule has 0 aliphatic rings. The van der Waals surface area contributed by atoms with E-state index in [2.05, 4.69) is 6.07 Å². The summed E-state index contributed by atoms with van der Waals surface area (Å²) in [4.78, 5) is 14.7. The third-order valence-electron chi connectivity index (χ3n) is 2.04. The molecule has 17 heavy (non-hydrogen) atoms. The SMILES string of the molecule is CCOC(=O)c1ccc(-c2ccc(C#N)s2)s1. The van der Waals surface area contributed by atoms with Crippen molar-refractivity contribution in [3.63, 3.8) is 0 Å². The first kappa shape index (κ1) is 11.8. The zero-order chi connectivity index (χ0) is 12.3. The first-order valence-corrected chi connectivity index (χ1v) is 6.65. The van der Waals surface area contributed by atoms with Gasteiger partial charge in [-0.05, 0) is 31.2 Å². The second kappa shape index (κ2) is 5.13. The molecule has 0 N–H and O–H groups in total. The first-order valence-electron chi connectivity index (χ1n) is 5.02. The Hall–Kier alpha value is -1.64. The topological polar surface area (TPSA) is 50.1 Å². The zero-order valence-corrected chi connectivity index (χ0v) is 10.7. The lowest BCUT2D eigenvalue weighted by molar-refractivity contribution is 0.0532. The van der Waals surface area contributed by atoms with Gasteiger partial charge in [0.2, 0.25) is 0 Å². The van der Waals surface area contributed by atoms with Crippen LogP contribution in [0.5, 0.6) is 0 Å². The van der Waals surface area contributed by atoms with Crippen LogP contribution in [0.4, 0.5) is 0 Å². The molecule has 0 radical (unpaired) electrons. The molecule has 0 atom stereocenters. The number of carbonyl (C=O) groups is 1. The molecular weight excluding hydrogens is 254 g/mol. The molecule has 3 nitrogen and oxygen atoms in total. The lowest BCUT2D eigenvalue weighted by Gasteiger charge is -1.96. The van der Waals surface area contributed by atoms with Crippen molar-refractivity contribution in [2.24, 2.45) is 0 Å². The van der Waals surface area contributed by atoms with Crippen molar-refractivity contribution >= 4 is 28.6 Å². The summed E-state index contributed by atoms with van der Waals surface area (Å²) in [6.45, 7) is 2.16. The molecule has 0 bridgehead atoms. The van der Waals surface area contributed by atoms with Crippen LogP contribution in [0.3, 0.4) is 0 Å². The predicted octanol–water partition coefficient (Wildman–Crippen LogP) is 3.52. The monoisotopic (exact) mass is 263 g/mol. The van der Waals surface area contributed by atoms with Crippen molar-refractivity contribution in [1.29, 1.82) is 5.26 Å². The van der Waals surface area contributed by atoms with Crippen molar-refractivity contribution in [1.82, 2.24) is 0 Å². The molecule has 2 aromatic rings. The summed E-state index contributed by atoms with van der Waals surface area (Å²) in [5.74, 6) is -0.291. The molecule has 0 aliphatic carbocycles. The molecule has 0 fully saturated rings. The Balaban J connectivity index is 2.24. The second-order valence-corrected chi connectivity index (χ2v) is 5.33. The lowest BCUT2D eigenvalue weighted by Crippen LogP contribution is -2.01. The molecule has 0 amide bonds. The number of esters is 1. The largest absolute Gasteiger partial charge is 0.462 e. The molecule has 0 aromatic carbocycles. The molecule has 2 rings (SSSR count). The molecule has 0 spiro atoms. The Morgan fingerprint density at radius 2 is 2.00 bits per heavy atom. The van der Waals surface area contributed by atoms with Crippen molar-refractivity contribution in [3.05, 3.63) is 34.0 Å². The van der Waals surface area contributed by atoms with Crippen LogP contribution < -0.4 is 0 Å². The Kier molecular flexibility index (Phi) is 3.57. The van der Waals surface area contributed by atoms with Crippen molar-refractivity contribution in [3.8, 4) is 15.8 Å². The average Bonchev–Trinajstić information content (AvgIpc) is 2.98. The molecule has 0 saturated carbocycles. The summed E-state index contributed by atoms with van der Waals surface area (Å²) in [5, 5.41) is 8.75. The third kappa shape index (κ3) is 2.54. The minimum absolute atomic E-state index is 0.291. The fraction of sp³-hybridized carbons (Fsp3) is 0.167. The van der Waals surface area contributed by atoms with E-state index in [4.69, 9.17) is 10.00 Å². The number of thiophene rings is 2. The van der Waals surface area contributed by atoms with E-state index in [1.54, 1.807) is 19.1 Å². The van der Waals surface area contributed by atoms with Crippen molar-refractivity contribution < 1.29 is 9.53 Å². The second-order valence-electron chi connectivity index (χ2n) is 3.16. The van der Waals surface area contributed by atoms with Gasteiger partial charge in [-0.3, -0.25) is 0 Å². The highest BCUT2D eigenvalue weighted by atomic mass is 32.1. The normalized spacial score (nSPS) is 9.88. The average molecular weight is 263 g/mol. The number of carbonyl (C=O) groups excluding carboxylic acids is 1. The van der Waals surface area contributed by atoms with Gasteiger partial charge in [-0.25, -0.2) is 4.79 Å². The summed E-state index contributed by atoms with van der Waals surface area (Å²) < 4.78 is 4.93. The highest BCUT2D eigenvalue weighted by Gasteiger charge is 2.12. The first-order chi connectivity index (χ1) is 8.24. The maximum absolute atomic E-state index is 11.5. The molecule has 5 heteroatoms. The summed E-state index contributed by atoms with van der Waals surface area (Å²) in [6, 6.07) is 9.41. The number of hydrogen-bond acceptors (Lipinski definition) is 5. The van der Waals surface area contributed by atoms with Gasteiger partial charge in [-0.2, -0.15) is 5.26 Å². The van der Waals surface area contributed by atoms with Crippen molar-refractivity contribution in [2.45, 2.75) is 6.92 Å². The van der Waals surface area contributed by atoms with Crippen LogP contribution >= 0.6 is 22.7 Å². The summed E-state index contributed by atoms with van der Waals surface area (Å²) >= 11 is 2.81. The van der Waals surface area contributed by atoms with E-state index >= 15 is 0 Å². The molecular formula is C12H9NO2S2. The number of nitriles is 1. The van der Waals surface area contributed by atoms with E-state index in [0.717, 1.165) is 9.75 Å². The summed E-state index contributed by atoms with van der Waals surface area (Å²) in [6.07, 6.45) is 0. The molecule has 0 saturated heterocycles. The van der Waals surface area contributed by atoms with Crippen LogP contribution in [0.15, 0.2) is 24.3 Å². The van der Waals surface area contributed by atoms with Gasteiger partial charge in [0.05, 0.1) is 6.61 Å². The van der Waals surface area contributed by atoms with Gasteiger partial charge in [0.25, 0.3) is 0 Å². The maximum atomic E-state index is 11.5. The Bertz CT molecular complexity index is 577. The Morgan fingerprint density at radius 1 is 1.29 bits per heavy atom. The lowest BCUT2D eigenvalue weighted by atomic mass is 10.3. The van der Waals surface area contributed by atoms with Gasteiger partial charge in [0.15, 0.2) is 0 Å². The van der Waals surface area contributed by atoms with Crippen molar-refractivity contribution in [2.75, 3.05) is 6.61 Å². The van der Waals surface area contributed by atoms with Gasteiger partial charge in [-0.1, -0.05) is 0 Å². The van der Waals surface area contributed by atoms with E-state index in [1.807, 2.05) is 12.1 Å². The Morgan fingerprint density at radius 3 is 2.65 bits per heavy atom. The van der Waals surface area contributed by atoms with Crippen LogP contribution in [0.1, 0.15) is 21.5 Å². The maximum Gasteiger partial charge on any atom is 0.348 e.